The van der Waals surface area contributed by atoms with E-state index in [0.717, 1.165) is 17.3 Å². The quantitative estimate of drug-likeness (QED) is 0.358. The first kappa shape index (κ1) is 19.4. The number of anilines is 1. The first-order valence-electron chi connectivity index (χ1n) is 8.55. The number of hydrogen-bond acceptors (Lipinski definition) is 7. The minimum absolute atomic E-state index is 0.0568. The molecule has 3 rings (SSSR count). The summed E-state index contributed by atoms with van der Waals surface area (Å²) in [5.74, 6) is 5.83. The van der Waals surface area contributed by atoms with Crippen molar-refractivity contribution in [2.24, 2.45) is 0 Å². The summed E-state index contributed by atoms with van der Waals surface area (Å²) in [7, 11) is 0. The Morgan fingerprint density at radius 3 is 2.57 bits per heavy atom. The van der Waals surface area contributed by atoms with Crippen molar-refractivity contribution in [2.75, 3.05) is 23.5 Å². The van der Waals surface area contributed by atoms with E-state index in [1.54, 1.807) is 31.2 Å². The summed E-state index contributed by atoms with van der Waals surface area (Å²) in [6.45, 7) is 1.98. The van der Waals surface area contributed by atoms with E-state index in [4.69, 9.17) is 10.6 Å². The van der Waals surface area contributed by atoms with Crippen molar-refractivity contribution in [2.45, 2.75) is 12.1 Å². The second kappa shape index (κ2) is 9.05. The molecule has 0 fully saturated rings. The molecule has 0 atom stereocenters. The molecule has 0 bridgehead atoms. The van der Waals surface area contributed by atoms with E-state index in [9.17, 15) is 9.59 Å². The van der Waals surface area contributed by atoms with E-state index in [-0.39, 0.29) is 18.3 Å². The smallest absolute Gasteiger partial charge is 0.340 e. The summed E-state index contributed by atoms with van der Waals surface area (Å²) in [5, 5.41) is 11.2. The second-order valence-corrected chi connectivity index (χ2v) is 6.59. The van der Waals surface area contributed by atoms with Crippen LogP contribution < -0.4 is 11.2 Å². The second-order valence-electron chi connectivity index (χ2n) is 5.65. The van der Waals surface area contributed by atoms with Crippen LogP contribution >= 0.6 is 11.8 Å². The molecule has 8 nitrogen and oxygen atoms in total. The Morgan fingerprint density at radius 1 is 1.11 bits per heavy atom. The van der Waals surface area contributed by atoms with Crippen LogP contribution in [0.2, 0.25) is 0 Å². The average Bonchev–Trinajstić information content (AvgIpc) is 3.08. The zero-order chi connectivity index (χ0) is 19.9. The van der Waals surface area contributed by atoms with Crippen LogP contribution in [0.25, 0.3) is 11.4 Å². The molecule has 3 aromatic rings. The van der Waals surface area contributed by atoms with Crippen molar-refractivity contribution in [3.8, 4) is 11.4 Å². The standard InChI is InChI=1S/C19H19N5O3S/c1-2-27-18(26)14-10-6-7-11-15(14)21-16(25)12-28-19-23-22-17(24(19)20)13-8-4-3-5-9-13/h3-11H,2,12,20H2,1H3,(H,21,25). The Labute approximate surface area is 166 Å². The Kier molecular flexibility index (Phi) is 6.28. The number of nitrogens with two attached hydrogens (primary N) is 1. The first-order valence-corrected chi connectivity index (χ1v) is 9.53. The number of aromatic nitrogens is 3. The minimum Gasteiger partial charge on any atom is -0.462 e. The van der Waals surface area contributed by atoms with Crippen molar-refractivity contribution < 1.29 is 14.3 Å². The summed E-state index contributed by atoms with van der Waals surface area (Å²) in [6, 6.07) is 16.1. The van der Waals surface area contributed by atoms with Crippen LogP contribution in [0.4, 0.5) is 5.69 Å². The average molecular weight is 397 g/mol. The predicted octanol–water partition coefficient (Wildman–Crippen LogP) is 2.57. The molecule has 9 heteroatoms. The van der Waals surface area contributed by atoms with Gasteiger partial charge in [-0.05, 0) is 19.1 Å². The highest BCUT2D eigenvalue weighted by molar-refractivity contribution is 7.99. The number of amides is 1. The third-order valence-corrected chi connectivity index (χ3v) is 4.67. The zero-order valence-corrected chi connectivity index (χ0v) is 16.0. The van der Waals surface area contributed by atoms with E-state index < -0.39 is 5.97 Å². The van der Waals surface area contributed by atoms with Crippen molar-refractivity contribution in [3.05, 3.63) is 60.2 Å². The SMILES string of the molecule is CCOC(=O)c1ccccc1NC(=O)CSc1nnc(-c2ccccc2)n1N. The molecule has 0 aliphatic carbocycles. The number of nitrogen functional groups attached to an aromatic ring is 1. The third kappa shape index (κ3) is 4.49. The van der Waals surface area contributed by atoms with Crippen molar-refractivity contribution in [3.63, 3.8) is 0 Å². The summed E-state index contributed by atoms with van der Waals surface area (Å²) in [5.41, 5.74) is 1.53. The third-order valence-electron chi connectivity index (χ3n) is 3.73. The maximum atomic E-state index is 12.3. The van der Waals surface area contributed by atoms with Crippen LogP contribution in [0.1, 0.15) is 17.3 Å². The van der Waals surface area contributed by atoms with Gasteiger partial charge < -0.3 is 15.9 Å². The maximum absolute atomic E-state index is 12.3. The molecule has 0 aliphatic heterocycles. The Morgan fingerprint density at radius 2 is 1.82 bits per heavy atom. The van der Waals surface area contributed by atoms with Gasteiger partial charge in [0, 0.05) is 5.56 Å². The van der Waals surface area contributed by atoms with Gasteiger partial charge in [0.1, 0.15) is 0 Å². The predicted molar refractivity (Wildman–Crippen MR) is 107 cm³/mol. The topological polar surface area (TPSA) is 112 Å². The molecule has 0 saturated heterocycles. The number of nitrogens with zero attached hydrogens (tertiary/aromatic N) is 3. The fourth-order valence-electron chi connectivity index (χ4n) is 2.45. The number of esters is 1. The lowest BCUT2D eigenvalue weighted by molar-refractivity contribution is -0.113. The number of carbonyl (C=O) groups is 2. The zero-order valence-electron chi connectivity index (χ0n) is 15.2. The van der Waals surface area contributed by atoms with Crippen LogP contribution in [-0.2, 0) is 9.53 Å². The lowest BCUT2D eigenvalue weighted by Gasteiger charge is -2.10. The van der Waals surface area contributed by atoms with Gasteiger partial charge in [-0.25, -0.2) is 9.47 Å². The number of para-hydroxylation sites is 1. The number of benzene rings is 2. The molecule has 0 saturated carbocycles. The molecule has 2 aromatic carbocycles. The summed E-state index contributed by atoms with van der Waals surface area (Å²) >= 11 is 1.15. The number of nitrogens with one attached hydrogen (secondary N) is 1. The van der Waals surface area contributed by atoms with Gasteiger partial charge in [-0.1, -0.05) is 54.2 Å². The summed E-state index contributed by atoms with van der Waals surface area (Å²) in [6.07, 6.45) is 0. The Hall–Kier alpha value is -3.33. The molecular weight excluding hydrogens is 378 g/mol. The molecule has 28 heavy (non-hydrogen) atoms. The van der Waals surface area contributed by atoms with E-state index in [2.05, 4.69) is 15.5 Å². The van der Waals surface area contributed by atoms with Gasteiger partial charge in [0.15, 0.2) is 5.82 Å². The fraction of sp³-hybridized carbons (Fsp3) is 0.158. The molecule has 1 amide bonds. The van der Waals surface area contributed by atoms with E-state index >= 15 is 0 Å². The monoisotopic (exact) mass is 397 g/mol. The van der Waals surface area contributed by atoms with Crippen molar-refractivity contribution in [1.29, 1.82) is 0 Å². The molecule has 144 valence electrons. The molecular formula is C19H19N5O3S. The van der Waals surface area contributed by atoms with Crippen LogP contribution in [0.5, 0.6) is 0 Å². The van der Waals surface area contributed by atoms with Crippen molar-refractivity contribution >= 4 is 29.3 Å². The highest BCUT2D eigenvalue weighted by atomic mass is 32.2. The highest BCUT2D eigenvalue weighted by Gasteiger charge is 2.16. The lowest BCUT2D eigenvalue weighted by atomic mass is 10.2. The molecule has 0 spiro atoms. The van der Waals surface area contributed by atoms with Crippen molar-refractivity contribution in [1.82, 2.24) is 14.9 Å². The highest BCUT2D eigenvalue weighted by Crippen LogP contribution is 2.22. The lowest BCUT2D eigenvalue weighted by Crippen LogP contribution is -2.18. The normalized spacial score (nSPS) is 10.5. The van der Waals surface area contributed by atoms with Crippen LogP contribution in [0.3, 0.4) is 0 Å². The Bertz CT molecular complexity index is 975. The van der Waals surface area contributed by atoms with Gasteiger partial charge in [0.25, 0.3) is 0 Å². The van der Waals surface area contributed by atoms with E-state index in [1.807, 2.05) is 30.3 Å². The van der Waals surface area contributed by atoms with E-state index in [0.29, 0.717) is 22.2 Å². The van der Waals surface area contributed by atoms with Gasteiger partial charge in [-0.2, -0.15) is 0 Å². The van der Waals surface area contributed by atoms with Crippen LogP contribution in [0.15, 0.2) is 59.8 Å². The summed E-state index contributed by atoms with van der Waals surface area (Å²) < 4.78 is 6.35. The van der Waals surface area contributed by atoms with Gasteiger partial charge in [-0.3, -0.25) is 4.79 Å². The van der Waals surface area contributed by atoms with Gasteiger partial charge in [0.05, 0.1) is 23.6 Å². The summed E-state index contributed by atoms with van der Waals surface area (Å²) in [4.78, 5) is 24.3. The molecule has 0 radical (unpaired) electrons. The Balaban J connectivity index is 1.65. The van der Waals surface area contributed by atoms with Crippen LogP contribution in [-0.4, -0.2) is 39.1 Å². The van der Waals surface area contributed by atoms with Gasteiger partial charge >= 0.3 is 5.97 Å². The largest absolute Gasteiger partial charge is 0.462 e. The first-order chi connectivity index (χ1) is 13.6. The van der Waals surface area contributed by atoms with Gasteiger partial charge in [0.2, 0.25) is 11.1 Å². The fourth-order valence-corrected chi connectivity index (χ4v) is 3.11. The van der Waals surface area contributed by atoms with Crippen LogP contribution in [0, 0.1) is 0 Å². The molecule has 1 heterocycles. The molecule has 0 unspecified atom stereocenters. The number of rotatable bonds is 7. The molecule has 0 aliphatic rings. The number of hydrogen-bond donors (Lipinski definition) is 2. The minimum atomic E-state index is -0.486. The number of carbonyl (C=O) groups excluding carboxylic acids is 2. The van der Waals surface area contributed by atoms with E-state index in [1.165, 1.54) is 4.68 Å². The number of thioether (sulfide) groups is 1. The van der Waals surface area contributed by atoms with Gasteiger partial charge in [-0.15, -0.1) is 10.2 Å². The molecule has 3 N–H and O–H groups in total. The molecule has 1 aromatic heterocycles. The number of ether oxygens (including phenoxy) is 1. The maximum Gasteiger partial charge on any atom is 0.340 e.